The summed E-state index contributed by atoms with van der Waals surface area (Å²) in [6.07, 6.45) is 0. The maximum absolute atomic E-state index is 10.7. The van der Waals surface area contributed by atoms with Crippen molar-refractivity contribution >= 4 is 16.1 Å². The molecule has 0 aromatic heterocycles. The van der Waals surface area contributed by atoms with E-state index >= 15 is 0 Å². The van der Waals surface area contributed by atoms with E-state index < -0.39 is 20.1 Å². The van der Waals surface area contributed by atoms with Gasteiger partial charge < -0.3 is 5.84 Å². The third kappa shape index (κ3) is 0.754. The van der Waals surface area contributed by atoms with Gasteiger partial charge in [-0.1, -0.05) is 0 Å². The van der Waals surface area contributed by atoms with Gasteiger partial charge in [0.1, 0.15) is 6.54 Å². The highest BCUT2D eigenvalue weighted by atomic mass is 32.2. The van der Waals surface area contributed by atoms with E-state index in [-0.39, 0.29) is 6.54 Å². The molecule has 0 aromatic rings. The van der Waals surface area contributed by atoms with Crippen LogP contribution in [0.5, 0.6) is 0 Å². The van der Waals surface area contributed by atoms with E-state index in [9.17, 15) is 13.2 Å². The Kier molecular flexibility index (Phi) is 1.34. The lowest BCUT2D eigenvalue weighted by Gasteiger charge is -2.24. The van der Waals surface area contributed by atoms with Gasteiger partial charge >= 0.3 is 16.1 Å². The molecule has 0 bridgehead atoms. The van der Waals surface area contributed by atoms with Gasteiger partial charge in [-0.15, -0.1) is 0 Å². The summed E-state index contributed by atoms with van der Waals surface area (Å²) in [6, 6.07) is 0. The number of nitrogens with zero attached hydrogens (tertiary/aromatic N) is 1. The van der Waals surface area contributed by atoms with Gasteiger partial charge in [0.25, 0.3) is 0 Å². The van der Waals surface area contributed by atoms with Crippen molar-refractivity contribution < 1.29 is 17.2 Å². The first-order valence-electron chi connectivity index (χ1n) is 2.53. The Balaban J connectivity index is 3.21. The molecular formula is C3H7N3O3S. The highest BCUT2D eigenvalue weighted by molar-refractivity contribution is 7.84. The van der Waals surface area contributed by atoms with Gasteiger partial charge in [-0.05, 0) is 0 Å². The minimum absolute atomic E-state index is 0.275. The summed E-state index contributed by atoms with van der Waals surface area (Å²) in [5.41, 5.74) is 0. The van der Waals surface area contributed by atoms with Crippen LogP contribution < -0.4 is 4.72 Å². The number of nitrogens with one attached hydrogen (secondary N) is 2. The van der Waals surface area contributed by atoms with Gasteiger partial charge in [-0.2, -0.15) is 13.1 Å². The van der Waals surface area contributed by atoms with Gasteiger partial charge in [0.05, 0.1) is 7.05 Å². The third-order valence-corrected chi connectivity index (χ3v) is 3.04. The Bertz CT molecular complexity index is 267. The number of hydrogen-bond acceptors (Lipinski definition) is 3. The highest BCUT2D eigenvalue weighted by Gasteiger charge is 2.43. The minimum atomic E-state index is -3.77. The van der Waals surface area contributed by atoms with Crippen LogP contribution >= 0.6 is 0 Å². The van der Waals surface area contributed by atoms with Gasteiger partial charge in [-0.25, -0.2) is 8.79 Å². The second kappa shape index (κ2) is 1.76. The molecule has 1 atom stereocenters. The standard InChI is InChI=1S/C3H7N3O3S/c1-6(4)3(7)2-5-10(6,8)9/h4-5H,2H2,1H3. The average molecular weight is 165 g/mol. The van der Waals surface area contributed by atoms with Crippen molar-refractivity contribution in [1.82, 2.24) is 4.72 Å². The molecule has 1 heterocycles. The van der Waals surface area contributed by atoms with Crippen LogP contribution in [-0.4, -0.2) is 31.9 Å². The number of hydrogen-bond donors (Lipinski definition) is 1. The summed E-state index contributed by atoms with van der Waals surface area (Å²) in [4.78, 5) is 10.7. The van der Waals surface area contributed by atoms with E-state index in [1.54, 1.807) is 0 Å². The van der Waals surface area contributed by atoms with Crippen molar-refractivity contribution in [3.05, 3.63) is 5.84 Å². The SMILES string of the molecule is C[N+]1([NH-])C(=O)CNS1(=O)=O. The van der Waals surface area contributed by atoms with Gasteiger partial charge in [0.15, 0.2) is 0 Å². The predicted molar refractivity (Wildman–Crippen MR) is 32.4 cm³/mol. The van der Waals surface area contributed by atoms with E-state index in [2.05, 4.69) is 0 Å². The van der Waals surface area contributed by atoms with Crippen LogP contribution in [0.25, 0.3) is 5.84 Å². The van der Waals surface area contributed by atoms with Crippen molar-refractivity contribution in [2.45, 2.75) is 0 Å². The normalized spacial score (nSPS) is 38.4. The van der Waals surface area contributed by atoms with Crippen molar-refractivity contribution in [1.29, 1.82) is 0 Å². The summed E-state index contributed by atoms with van der Waals surface area (Å²) >= 11 is 0. The first-order valence-corrected chi connectivity index (χ1v) is 3.97. The monoisotopic (exact) mass is 165 g/mol. The fourth-order valence-electron chi connectivity index (χ4n) is 0.567. The van der Waals surface area contributed by atoms with E-state index in [0.717, 1.165) is 7.05 Å². The number of likely N-dealkylation sites (N-methyl/N-ethyl adjacent to an activating group) is 1. The molecular weight excluding hydrogens is 158 g/mol. The second-order valence-electron chi connectivity index (χ2n) is 2.11. The molecule has 1 aliphatic rings. The zero-order chi connectivity index (χ0) is 7.99. The second-order valence-corrected chi connectivity index (χ2v) is 4.08. The molecule has 0 aromatic carbocycles. The smallest absolute Gasteiger partial charge is 0.368 e. The lowest BCUT2D eigenvalue weighted by Crippen LogP contribution is -2.42. The van der Waals surface area contributed by atoms with Crippen molar-refractivity contribution in [2.24, 2.45) is 0 Å². The largest absolute Gasteiger partial charge is 0.443 e. The first kappa shape index (κ1) is 7.61. The van der Waals surface area contributed by atoms with Crippen LogP contribution in [0.4, 0.5) is 0 Å². The molecule has 0 radical (unpaired) electrons. The summed E-state index contributed by atoms with van der Waals surface area (Å²) in [7, 11) is -2.76. The van der Waals surface area contributed by atoms with E-state index in [0.29, 0.717) is 0 Å². The molecule has 0 saturated carbocycles. The van der Waals surface area contributed by atoms with Gasteiger partial charge in [0, 0.05) is 0 Å². The van der Waals surface area contributed by atoms with E-state index in [1.807, 2.05) is 4.72 Å². The lowest BCUT2D eigenvalue weighted by molar-refractivity contribution is -0.641. The molecule has 2 N–H and O–H groups in total. The topological polar surface area (TPSA) is 87.0 Å². The molecule has 1 unspecified atom stereocenters. The van der Waals surface area contributed by atoms with Gasteiger partial charge in [0.2, 0.25) is 0 Å². The predicted octanol–water partition coefficient (Wildman–Crippen LogP) is -1.23. The molecule has 1 rings (SSSR count). The third-order valence-electron chi connectivity index (χ3n) is 1.36. The molecule has 1 saturated heterocycles. The fourth-order valence-corrected chi connectivity index (χ4v) is 1.46. The van der Waals surface area contributed by atoms with Gasteiger partial charge in [-0.3, -0.25) is 0 Å². The summed E-state index contributed by atoms with van der Waals surface area (Å²) < 4.78 is 22.1. The van der Waals surface area contributed by atoms with Crippen LogP contribution in [0.3, 0.4) is 0 Å². The molecule has 58 valence electrons. The van der Waals surface area contributed by atoms with Crippen LogP contribution in [0, 0.1) is 0 Å². The number of carbonyl (C=O) groups is 1. The Hall–Kier alpha value is -0.500. The fraction of sp³-hybridized carbons (Fsp3) is 0.667. The number of carbonyl (C=O) groups excluding carboxylic acids is 1. The minimum Gasteiger partial charge on any atom is -0.443 e. The maximum atomic E-state index is 10.7. The average Bonchev–Trinajstić information content (AvgIpc) is 1.94. The summed E-state index contributed by atoms with van der Waals surface area (Å²) in [5.74, 6) is 6.37. The lowest BCUT2D eigenvalue weighted by atomic mass is 10.6. The van der Waals surface area contributed by atoms with E-state index in [1.165, 1.54) is 0 Å². The van der Waals surface area contributed by atoms with Crippen molar-refractivity contribution in [3.63, 3.8) is 0 Å². The number of amides is 1. The van der Waals surface area contributed by atoms with Crippen molar-refractivity contribution in [3.8, 4) is 0 Å². The first-order chi connectivity index (χ1) is 4.38. The van der Waals surface area contributed by atoms with Crippen molar-refractivity contribution in [2.75, 3.05) is 13.6 Å². The number of rotatable bonds is 0. The molecule has 7 heteroatoms. The Morgan fingerprint density at radius 1 is 1.70 bits per heavy atom. The quantitative estimate of drug-likeness (QED) is 0.456. The Morgan fingerprint density at radius 3 is 2.30 bits per heavy atom. The molecule has 1 fully saturated rings. The zero-order valence-electron chi connectivity index (χ0n) is 5.29. The highest BCUT2D eigenvalue weighted by Crippen LogP contribution is 2.15. The summed E-state index contributed by atoms with van der Waals surface area (Å²) in [6.45, 7) is -0.275. The Labute approximate surface area is 58.4 Å². The number of quaternary nitrogens is 1. The van der Waals surface area contributed by atoms with E-state index in [4.69, 9.17) is 5.84 Å². The molecule has 1 aliphatic heterocycles. The molecule has 0 spiro atoms. The van der Waals surface area contributed by atoms with Crippen LogP contribution in [0.1, 0.15) is 0 Å². The van der Waals surface area contributed by atoms with Crippen LogP contribution in [0.2, 0.25) is 0 Å². The molecule has 0 aliphatic carbocycles. The Morgan fingerprint density at radius 2 is 2.20 bits per heavy atom. The van der Waals surface area contributed by atoms with Crippen LogP contribution in [0.15, 0.2) is 0 Å². The molecule has 10 heavy (non-hydrogen) atoms. The molecule has 6 nitrogen and oxygen atoms in total. The maximum Gasteiger partial charge on any atom is 0.368 e. The van der Waals surface area contributed by atoms with Crippen LogP contribution in [-0.2, 0) is 15.0 Å². The molecule has 1 amide bonds. The summed E-state index contributed by atoms with van der Waals surface area (Å²) in [5, 5.41) is 0. The zero-order valence-corrected chi connectivity index (χ0v) is 6.10.